The van der Waals surface area contributed by atoms with Gasteiger partial charge in [-0.25, -0.2) is 4.99 Å². The second-order valence-corrected chi connectivity index (χ2v) is 8.38. The third-order valence-corrected chi connectivity index (χ3v) is 5.64. The molecule has 0 saturated heterocycles. The Morgan fingerprint density at radius 1 is 1.10 bits per heavy atom. The lowest BCUT2D eigenvalue weighted by Gasteiger charge is -2.25. The number of aliphatic imine (C=N–C) groups is 1. The smallest absolute Gasteiger partial charge is 0.243 e. The first-order valence-corrected chi connectivity index (χ1v) is 10.8. The van der Waals surface area contributed by atoms with E-state index in [9.17, 15) is 4.79 Å². The number of hydrogen-bond donors (Lipinski definition) is 2. The molecule has 1 aromatic heterocycles. The fourth-order valence-electron chi connectivity index (χ4n) is 2.69. The molecule has 0 bridgehead atoms. The Hall–Kier alpha value is -2.38. The summed E-state index contributed by atoms with van der Waals surface area (Å²) in [4.78, 5) is 21.5. The van der Waals surface area contributed by atoms with E-state index in [0.717, 1.165) is 19.5 Å². The van der Waals surface area contributed by atoms with Gasteiger partial charge in [0, 0.05) is 38.1 Å². The van der Waals surface area contributed by atoms with E-state index in [4.69, 9.17) is 0 Å². The van der Waals surface area contributed by atoms with Crippen molar-refractivity contribution in [3.63, 3.8) is 0 Å². The molecule has 0 aliphatic heterocycles. The van der Waals surface area contributed by atoms with Gasteiger partial charge in [0.25, 0.3) is 0 Å². The van der Waals surface area contributed by atoms with Gasteiger partial charge in [0.2, 0.25) is 5.91 Å². The van der Waals surface area contributed by atoms with Gasteiger partial charge in [-0.3, -0.25) is 9.69 Å². The first-order valence-electron chi connectivity index (χ1n) is 9.94. The lowest BCUT2D eigenvalue weighted by atomic mass is 10.1. The van der Waals surface area contributed by atoms with Crippen molar-refractivity contribution in [1.82, 2.24) is 20.4 Å². The van der Waals surface area contributed by atoms with Crippen molar-refractivity contribution >= 4 is 23.2 Å². The minimum Gasteiger partial charge on any atom is -0.356 e. The van der Waals surface area contributed by atoms with E-state index in [0.29, 0.717) is 18.5 Å². The maximum Gasteiger partial charge on any atom is 0.243 e. The van der Waals surface area contributed by atoms with Crippen molar-refractivity contribution in [1.29, 1.82) is 0 Å². The summed E-state index contributed by atoms with van der Waals surface area (Å²) in [7, 11) is 5.64. The lowest BCUT2D eigenvalue weighted by molar-refractivity contribution is -0.127. The number of nitrogens with zero attached hydrogens (tertiary/aromatic N) is 3. The predicted molar refractivity (Wildman–Crippen MR) is 122 cm³/mol. The molecule has 1 atom stereocenters. The van der Waals surface area contributed by atoms with E-state index < -0.39 is 0 Å². The number of amides is 1. The fourth-order valence-corrected chi connectivity index (χ4v) is 3.34. The summed E-state index contributed by atoms with van der Waals surface area (Å²) in [5.41, 5.74) is 1.32. The van der Waals surface area contributed by atoms with Crippen molar-refractivity contribution in [3.8, 4) is 0 Å². The molecule has 0 radical (unpaired) electrons. The maximum atomic E-state index is 11.9. The maximum absolute atomic E-state index is 11.9. The van der Waals surface area contributed by atoms with Gasteiger partial charge in [-0.15, -0.1) is 11.3 Å². The highest BCUT2D eigenvalue weighted by Crippen LogP contribution is 2.08. The van der Waals surface area contributed by atoms with Gasteiger partial charge in [0.05, 0.1) is 6.54 Å². The number of benzene rings is 1. The van der Waals surface area contributed by atoms with Gasteiger partial charge in [-0.2, -0.15) is 0 Å². The summed E-state index contributed by atoms with van der Waals surface area (Å²) >= 11 is 1.70. The zero-order chi connectivity index (χ0) is 21.1. The van der Waals surface area contributed by atoms with Crippen LogP contribution in [0.3, 0.4) is 0 Å². The molecule has 7 heteroatoms. The first-order chi connectivity index (χ1) is 14.0. The summed E-state index contributed by atoms with van der Waals surface area (Å²) in [5.74, 6) is 0.657. The van der Waals surface area contributed by atoms with Gasteiger partial charge in [0.1, 0.15) is 6.54 Å². The Bertz CT molecular complexity index is 746. The van der Waals surface area contributed by atoms with Crippen LogP contribution in [-0.4, -0.2) is 61.9 Å². The number of carbonyl (C=O) groups excluding carboxylic acids is 1. The summed E-state index contributed by atoms with van der Waals surface area (Å²) in [5, 5.41) is 8.75. The molecular weight excluding hydrogens is 382 g/mol. The van der Waals surface area contributed by atoms with Crippen LogP contribution >= 0.6 is 11.3 Å². The van der Waals surface area contributed by atoms with Gasteiger partial charge in [-0.1, -0.05) is 36.4 Å². The van der Waals surface area contributed by atoms with E-state index in [1.807, 2.05) is 12.1 Å². The molecule has 0 spiro atoms. The molecule has 0 fully saturated rings. The van der Waals surface area contributed by atoms with Crippen LogP contribution in [0.4, 0.5) is 0 Å². The zero-order valence-electron chi connectivity index (χ0n) is 17.9. The highest BCUT2D eigenvalue weighted by molar-refractivity contribution is 7.09. The fraction of sp³-hybridized carbons (Fsp3) is 0.455. The van der Waals surface area contributed by atoms with E-state index >= 15 is 0 Å². The number of thiophene rings is 1. The molecule has 6 nitrogen and oxygen atoms in total. The number of carbonyl (C=O) groups is 1. The Kier molecular flexibility index (Phi) is 9.67. The average Bonchev–Trinajstić information content (AvgIpc) is 3.23. The van der Waals surface area contributed by atoms with Crippen molar-refractivity contribution in [2.45, 2.75) is 32.5 Å². The van der Waals surface area contributed by atoms with Gasteiger partial charge >= 0.3 is 0 Å². The van der Waals surface area contributed by atoms with Gasteiger partial charge < -0.3 is 15.5 Å². The molecule has 0 saturated carbocycles. The van der Waals surface area contributed by atoms with Crippen molar-refractivity contribution in [2.24, 2.45) is 4.99 Å². The zero-order valence-corrected chi connectivity index (χ0v) is 18.7. The van der Waals surface area contributed by atoms with Crippen LogP contribution < -0.4 is 10.6 Å². The summed E-state index contributed by atoms with van der Waals surface area (Å²) in [6.07, 6.45) is 0.977. The number of guanidine groups is 1. The van der Waals surface area contributed by atoms with E-state index in [2.05, 4.69) is 70.2 Å². The Balaban J connectivity index is 1.83. The van der Waals surface area contributed by atoms with Crippen LogP contribution in [0.15, 0.2) is 52.8 Å². The standard InChI is InChI=1S/C22H33N5OS/c1-18(27(4)17-19-9-6-5-7-10-19)12-13-23-22(25-16-21(28)26(2)3)24-15-20-11-8-14-29-20/h5-11,14,18H,12-13,15-17H2,1-4H3,(H2,23,24,25). The minimum atomic E-state index is -0.0156. The number of rotatable bonds is 10. The number of hydrogen-bond acceptors (Lipinski definition) is 4. The molecule has 0 aliphatic carbocycles. The molecular formula is C22H33N5OS. The van der Waals surface area contributed by atoms with Crippen molar-refractivity contribution in [3.05, 3.63) is 58.3 Å². The third kappa shape index (κ3) is 8.66. The Morgan fingerprint density at radius 3 is 2.52 bits per heavy atom. The number of nitrogens with one attached hydrogen (secondary N) is 2. The minimum absolute atomic E-state index is 0.0156. The van der Waals surface area contributed by atoms with Crippen LogP contribution in [0, 0.1) is 0 Å². The highest BCUT2D eigenvalue weighted by Gasteiger charge is 2.10. The van der Waals surface area contributed by atoms with Crippen LogP contribution in [0.2, 0.25) is 0 Å². The van der Waals surface area contributed by atoms with E-state index in [-0.39, 0.29) is 12.5 Å². The molecule has 1 unspecified atom stereocenters. The SMILES string of the molecule is CC(CCNC(=NCC(=O)N(C)C)NCc1cccs1)N(C)Cc1ccccc1. The van der Waals surface area contributed by atoms with Gasteiger partial charge in [-0.05, 0) is 37.4 Å². The largest absolute Gasteiger partial charge is 0.356 e. The van der Waals surface area contributed by atoms with Crippen molar-refractivity contribution in [2.75, 3.05) is 34.2 Å². The predicted octanol–water partition coefficient (Wildman–Crippen LogP) is 2.78. The summed E-state index contributed by atoms with van der Waals surface area (Å²) in [6, 6.07) is 15.0. The van der Waals surface area contributed by atoms with E-state index in [1.54, 1.807) is 30.3 Å². The monoisotopic (exact) mass is 415 g/mol. The highest BCUT2D eigenvalue weighted by atomic mass is 32.1. The van der Waals surface area contributed by atoms with Crippen LogP contribution in [0.1, 0.15) is 23.8 Å². The van der Waals surface area contributed by atoms with Gasteiger partial charge in [0.15, 0.2) is 5.96 Å². The molecule has 2 rings (SSSR count). The number of likely N-dealkylation sites (N-methyl/N-ethyl adjacent to an activating group) is 1. The van der Waals surface area contributed by atoms with Crippen LogP contribution in [0.5, 0.6) is 0 Å². The Morgan fingerprint density at radius 2 is 1.86 bits per heavy atom. The topological polar surface area (TPSA) is 60.0 Å². The molecule has 2 aromatic rings. The molecule has 1 amide bonds. The molecule has 2 N–H and O–H groups in total. The van der Waals surface area contributed by atoms with Crippen molar-refractivity contribution < 1.29 is 4.79 Å². The first kappa shape index (κ1) is 22.9. The summed E-state index contributed by atoms with van der Waals surface area (Å²) in [6.45, 7) is 4.78. The third-order valence-electron chi connectivity index (χ3n) is 4.76. The molecule has 1 aromatic carbocycles. The second kappa shape index (κ2) is 12.2. The normalized spacial score (nSPS) is 12.7. The average molecular weight is 416 g/mol. The quantitative estimate of drug-likeness (QED) is 0.463. The molecule has 158 valence electrons. The molecule has 0 aliphatic rings. The van der Waals surface area contributed by atoms with Crippen LogP contribution in [0.25, 0.3) is 0 Å². The van der Waals surface area contributed by atoms with Crippen LogP contribution in [-0.2, 0) is 17.9 Å². The Labute approximate surface area is 178 Å². The summed E-state index contributed by atoms with van der Waals surface area (Å²) < 4.78 is 0. The second-order valence-electron chi connectivity index (χ2n) is 7.35. The lowest BCUT2D eigenvalue weighted by Crippen LogP contribution is -2.40. The van der Waals surface area contributed by atoms with E-state index in [1.165, 1.54) is 10.4 Å². The molecule has 1 heterocycles. The molecule has 29 heavy (non-hydrogen) atoms.